The van der Waals surface area contributed by atoms with Gasteiger partial charge in [0.05, 0.1) is 12.1 Å². The van der Waals surface area contributed by atoms with Gasteiger partial charge in [0, 0.05) is 24.8 Å². The number of carbonyl (C=O) groups excluding carboxylic acids is 2. The van der Waals surface area contributed by atoms with E-state index >= 15 is 0 Å². The van der Waals surface area contributed by atoms with Crippen molar-refractivity contribution in [2.24, 2.45) is 7.05 Å². The molecule has 2 amide bonds. The van der Waals surface area contributed by atoms with Gasteiger partial charge in [0.25, 0.3) is 0 Å². The number of aryl methyl sites for hydroxylation is 2. The highest BCUT2D eigenvalue weighted by molar-refractivity contribution is 5.88. The molecule has 2 heterocycles. The predicted molar refractivity (Wildman–Crippen MR) is 75.2 cm³/mol. The molecule has 0 aliphatic carbocycles. The molecule has 1 atom stereocenters. The molecule has 0 radical (unpaired) electrons. The summed E-state index contributed by atoms with van der Waals surface area (Å²) in [4.78, 5) is 23.9. The van der Waals surface area contributed by atoms with Gasteiger partial charge >= 0.3 is 0 Å². The summed E-state index contributed by atoms with van der Waals surface area (Å²) in [6.45, 7) is 4.54. The summed E-state index contributed by atoms with van der Waals surface area (Å²) in [7, 11) is 1.86. The lowest BCUT2D eigenvalue weighted by Gasteiger charge is -2.15. The third-order valence-electron chi connectivity index (χ3n) is 3.87. The first-order valence-corrected chi connectivity index (χ1v) is 7.05. The van der Waals surface area contributed by atoms with Gasteiger partial charge in [-0.3, -0.25) is 14.3 Å². The largest absolute Gasteiger partial charge is 0.354 e. The third-order valence-corrected chi connectivity index (χ3v) is 3.87. The number of hydrogen-bond donors (Lipinski definition) is 2. The molecule has 6 heteroatoms. The molecule has 6 nitrogen and oxygen atoms in total. The number of amides is 2. The van der Waals surface area contributed by atoms with Crippen LogP contribution in [0.25, 0.3) is 0 Å². The standard InChI is InChI=1S/C14H22N4O2/c1-9-11(10(2)18(3)17-9)8-13(19)16-12-6-4-5-7-15-14(12)20/h12H,4-8H2,1-3H3,(H,15,20)(H,16,19)/t12-/m0/s1. The van der Waals surface area contributed by atoms with Crippen molar-refractivity contribution in [3.05, 3.63) is 17.0 Å². The smallest absolute Gasteiger partial charge is 0.242 e. The third kappa shape index (κ3) is 3.18. The van der Waals surface area contributed by atoms with Gasteiger partial charge in [-0.25, -0.2) is 0 Å². The van der Waals surface area contributed by atoms with E-state index in [1.165, 1.54) is 0 Å². The van der Waals surface area contributed by atoms with Crippen LogP contribution in [-0.2, 0) is 23.1 Å². The van der Waals surface area contributed by atoms with E-state index in [0.717, 1.165) is 29.8 Å². The summed E-state index contributed by atoms with van der Waals surface area (Å²) in [6, 6.07) is -0.401. The molecular formula is C14H22N4O2. The molecule has 1 aliphatic rings. The minimum Gasteiger partial charge on any atom is -0.354 e. The van der Waals surface area contributed by atoms with Gasteiger partial charge in [0.1, 0.15) is 6.04 Å². The Morgan fingerprint density at radius 2 is 2.20 bits per heavy atom. The number of nitrogens with zero attached hydrogens (tertiary/aromatic N) is 2. The van der Waals surface area contributed by atoms with E-state index in [0.29, 0.717) is 13.0 Å². The van der Waals surface area contributed by atoms with Gasteiger partial charge in [-0.15, -0.1) is 0 Å². The Balaban J connectivity index is 1.99. The van der Waals surface area contributed by atoms with Crippen molar-refractivity contribution in [3.8, 4) is 0 Å². The highest BCUT2D eigenvalue weighted by Crippen LogP contribution is 2.13. The number of aromatic nitrogens is 2. The number of nitrogens with one attached hydrogen (secondary N) is 2. The van der Waals surface area contributed by atoms with Crippen molar-refractivity contribution < 1.29 is 9.59 Å². The van der Waals surface area contributed by atoms with Gasteiger partial charge in [-0.1, -0.05) is 0 Å². The van der Waals surface area contributed by atoms with Crippen molar-refractivity contribution >= 4 is 11.8 Å². The average molecular weight is 278 g/mol. The van der Waals surface area contributed by atoms with Crippen molar-refractivity contribution in [3.63, 3.8) is 0 Å². The molecule has 0 spiro atoms. The number of carbonyl (C=O) groups is 2. The van der Waals surface area contributed by atoms with Crippen LogP contribution in [-0.4, -0.2) is 34.2 Å². The molecule has 1 aliphatic heterocycles. The zero-order valence-electron chi connectivity index (χ0n) is 12.3. The molecule has 1 aromatic rings. The lowest BCUT2D eigenvalue weighted by atomic mass is 10.1. The minimum absolute atomic E-state index is 0.0736. The molecule has 0 saturated carbocycles. The maximum absolute atomic E-state index is 12.1. The van der Waals surface area contributed by atoms with Crippen LogP contribution in [0.15, 0.2) is 0 Å². The van der Waals surface area contributed by atoms with Crippen LogP contribution < -0.4 is 10.6 Å². The SMILES string of the molecule is Cc1nn(C)c(C)c1CC(=O)N[C@H]1CCCCNC1=O. The monoisotopic (exact) mass is 278 g/mol. The first-order valence-electron chi connectivity index (χ1n) is 7.05. The Labute approximate surface area is 118 Å². The molecular weight excluding hydrogens is 256 g/mol. The van der Waals surface area contributed by atoms with Crippen LogP contribution in [0.3, 0.4) is 0 Å². The van der Waals surface area contributed by atoms with Crippen LogP contribution in [0.5, 0.6) is 0 Å². The molecule has 0 unspecified atom stereocenters. The topological polar surface area (TPSA) is 76.0 Å². The average Bonchev–Trinajstić information content (AvgIpc) is 2.57. The van der Waals surface area contributed by atoms with Crippen LogP contribution in [0.1, 0.15) is 36.2 Å². The van der Waals surface area contributed by atoms with Gasteiger partial charge < -0.3 is 10.6 Å². The molecule has 0 bridgehead atoms. The van der Waals surface area contributed by atoms with Gasteiger partial charge in [0.2, 0.25) is 11.8 Å². The van der Waals surface area contributed by atoms with E-state index in [-0.39, 0.29) is 18.2 Å². The van der Waals surface area contributed by atoms with Crippen molar-refractivity contribution in [1.29, 1.82) is 0 Å². The molecule has 110 valence electrons. The molecule has 1 saturated heterocycles. The fourth-order valence-electron chi connectivity index (χ4n) is 2.56. The lowest BCUT2D eigenvalue weighted by Crippen LogP contribution is -2.46. The van der Waals surface area contributed by atoms with Crippen molar-refractivity contribution in [1.82, 2.24) is 20.4 Å². The maximum atomic E-state index is 12.1. The summed E-state index contributed by atoms with van der Waals surface area (Å²) in [5.74, 6) is -0.193. The quantitative estimate of drug-likeness (QED) is 0.838. The predicted octanol–water partition coefficient (Wildman–Crippen LogP) is 0.364. The lowest BCUT2D eigenvalue weighted by molar-refractivity contribution is -0.128. The zero-order chi connectivity index (χ0) is 14.7. The van der Waals surface area contributed by atoms with Crippen molar-refractivity contribution in [2.45, 2.75) is 45.6 Å². The highest BCUT2D eigenvalue weighted by Gasteiger charge is 2.23. The normalized spacial score (nSPS) is 19.4. The second kappa shape index (κ2) is 6.07. The molecule has 0 aromatic carbocycles. The van der Waals surface area contributed by atoms with E-state index in [1.807, 2.05) is 20.9 Å². The van der Waals surface area contributed by atoms with Crippen LogP contribution in [0.2, 0.25) is 0 Å². The second-order valence-corrected chi connectivity index (χ2v) is 5.36. The molecule has 20 heavy (non-hydrogen) atoms. The van der Waals surface area contributed by atoms with Gasteiger partial charge in [-0.2, -0.15) is 5.10 Å². The van der Waals surface area contributed by atoms with Crippen LogP contribution >= 0.6 is 0 Å². The van der Waals surface area contributed by atoms with Crippen LogP contribution in [0.4, 0.5) is 0 Å². The van der Waals surface area contributed by atoms with Crippen molar-refractivity contribution in [2.75, 3.05) is 6.54 Å². The Bertz CT molecular complexity index is 521. The number of rotatable bonds is 3. The molecule has 2 rings (SSSR count). The first-order chi connectivity index (χ1) is 9.49. The van der Waals surface area contributed by atoms with E-state index in [2.05, 4.69) is 15.7 Å². The highest BCUT2D eigenvalue weighted by atomic mass is 16.2. The summed E-state index contributed by atoms with van der Waals surface area (Å²) in [6.07, 6.45) is 2.91. The zero-order valence-corrected chi connectivity index (χ0v) is 12.3. The fourth-order valence-corrected chi connectivity index (χ4v) is 2.56. The maximum Gasteiger partial charge on any atom is 0.242 e. The van der Waals surface area contributed by atoms with Crippen LogP contribution in [0, 0.1) is 13.8 Å². The van der Waals surface area contributed by atoms with E-state index < -0.39 is 6.04 Å². The molecule has 2 N–H and O–H groups in total. The first kappa shape index (κ1) is 14.6. The van der Waals surface area contributed by atoms with Gasteiger partial charge in [-0.05, 0) is 33.1 Å². The summed E-state index contributed by atoms with van der Waals surface area (Å²) < 4.78 is 1.77. The summed E-state index contributed by atoms with van der Waals surface area (Å²) in [5, 5.41) is 9.95. The minimum atomic E-state index is -0.401. The summed E-state index contributed by atoms with van der Waals surface area (Å²) >= 11 is 0. The second-order valence-electron chi connectivity index (χ2n) is 5.36. The Morgan fingerprint density at radius 1 is 1.45 bits per heavy atom. The fraction of sp³-hybridized carbons (Fsp3) is 0.643. The summed E-state index contributed by atoms with van der Waals surface area (Å²) in [5.41, 5.74) is 2.80. The van der Waals surface area contributed by atoms with E-state index in [9.17, 15) is 9.59 Å². The Kier molecular flexibility index (Phi) is 4.42. The van der Waals surface area contributed by atoms with E-state index in [4.69, 9.17) is 0 Å². The Morgan fingerprint density at radius 3 is 2.85 bits per heavy atom. The van der Waals surface area contributed by atoms with E-state index in [1.54, 1.807) is 4.68 Å². The Hall–Kier alpha value is -1.85. The number of hydrogen-bond acceptors (Lipinski definition) is 3. The molecule has 1 fully saturated rings. The van der Waals surface area contributed by atoms with Gasteiger partial charge in [0.15, 0.2) is 0 Å². The molecule has 1 aromatic heterocycles.